The number of carboxylic acids is 1. The molecule has 2 aromatic rings. The number of nitrogens with one attached hydrogen (secondary N) is 1. The van der Waals surface area contributed by atoms with E-state index in [1.165, 1.54) is 24.4 Å². The predicted molar refractivity (Wildman–Crippen MR) is 67.2 cm³/mol. The second-order valence-electron chi connectivity index (χ2n) is 3.83. The van der Waals surface area contributed by atoms with Gasteiger partial charge in [-0.05, 0) is 30.3 Å². The zero-order chi connectivity index (χ0) is 14.7. The lowest BCUT2D eigenvalue weighted by molar-refractivity contribution is 0.0691. The summed E-state index contributed by atoms with van der Waals surface area (Å²) in [4.78, 5) is 26.3. The van der Waals surface area contributed by atoms with Crippen LogP contribution in [-0.4, -0.2) is 27.1 Å². The number of carbonyl (C=O) groups excluding carboxylic acids is 1. The largest absolute Gasteiger partial charge is 0.505 e. The molecule has 1 aromatic carbocycles. The highest BCUT2D eigenvalue weighted by Gasteiger charge is 2.15. The molecule has 0 saturated heterocycles. The predicted octanol–water partition coefficient (Wildman–Crippen LogP) is 1.88. The first kappa shape index (κ1) is 13.5. The molecule has 3 N–H and O–H groups in total. The van der Waals surface area contributed by atoms with Gasteiger partial charge in [-0.25, -0.2) is 14.2 Å². The summed E-state index contributed by atoms with van der Waals surface area (Å²) in [7, 11) is 0. The first-order valence-electron chi connectivity index (χ1n) is 5.47. The lowest BCUT2D eigenvalue weighted by atomic mass is 10.2. The number of carbonyl (C=O) groups is 2. The maximum atomic E-state index is 13.2. The third kappa shape index (κ3) is 2.72. The smallest absolute Gasteiger partial charge is 0.338 e. The number of pyridine rings is 1. The van der Waals surface area contributed by atoms with Gasteiger partial charge in [0.25, 0.3) is 5.91 Å². The molecule has 0 radical (unpaired) electrons. The van der Waals surface area contributed by atoms with Gasteiger partial charge in [0, 0.05) is 11.9 Å². The Labute approximate surface area is 112 Å². The number of rotatable bonds is 3. The molecule has 0 spiro atoms. The molecule has 0 fully saturated rings. The summed E-state index contributed by atoms with van der Waals surface area (Å²) < 4.78 is 13.2. The van der Waals surface area contributed by atoms with E-state index in [1.54, 1.807) is 0 Å². The van der Waals surface area contributed by atoms with Gasteiger partial charge >= 0.3 is 5.97 Å². The zero-order valence-electron chi connectivity index (χ0n) is 10.0. The summed E-state index contributed by atoms with van der Waals surface area (Å²) in [5, 5.41) is 20.6. The van der Waals surface area contributed by atoms with Gasteiger partial charge in [-0.2, -0.15) is 0 Å². The molecule has 0 aliphatic carbocycles. The van der Waals surface area contributed by atoms with Gasteiger partial charge in [0.1, 0.15) is 11.6 Å². The van der Waals surface area contributed by atoms with E-state index in [9.17, 15) is 19.1 Å². The summed E-state index contributed by atoms with van der Waals surface area (Å²) in [6, 6.07) is 5.86. The third-order valence-electron chi connectivity index (χ3n) is 2.46. The van der Waals surface area contributed by atoms with Crippen LogP contribution in [-0.2, 0) is 0 Å². The fraction of sp³-hybridized carbons (Fsp3) is 0. The Morgan fingerprint density at radius 3 is 2.65 bits per heavy atom. The highest BCUT2D eigenvalue weighted by atomic mass is 19.1. The summed E-state index contributed by atoms with van der Waals surface area (Å²) in [5.41, 5.74) is -0.694. The highest BCUT2D eigenvalue weighted by Crippen LogP contribution is 2.18. The van der Waals surface area contributed by atoms with Gasteiger partial charge in [0.2, 0.25) is 0 Å². The number of hydrogen-bond acceptors (Lipinski definition) is 4. The van der Waals surface area contributed by atoms with Crippen LogP contribution in [0.2, 0.25) is 0 Å². The van der Waals surface area contributed by atoms with Crippen LogP contribution in [0.15, 0.2) is 36.5 Å². The maximum Gasteiger partial charge on any atom is 0.338 e. The van der Waals surface area contributed by atoms with Crippen molar-refractivity contribution in [2.75, 3.05) is 5.32 Å². The Balaban J connectivity index is 2.27. The van der Waals surface area contributed by atoms with E-state index < -0.39 is 23.3 Å². The van der Waals surface area contributed by atoms with Crippen LogP contribution in [0.1, 0.15) is 20.8 Å². The van der Waals surface area contributed by atoms with Crippen molar-refractivity contribution < 1.29 is 24.2 Å². The van der Waals surface area contributed by atoms with Crippen molar-refractivity contribution in [3.05, 3.63) is 53.6 Å². The topological polar surface area (TPSA) is 99.5 Å². The molecule has 7 heteroatoms. The van der Waals surface area contributed by atoms with Crippen LogP contribution in [0.25, 0.3) is 0 Å². The Hall–Kier alpha value is -2.96. The van der Waals surface area contributed by atoms with Crippen LogP contribution in [0.3, 0.4) is 0 Å². The molecule has 0 unspecified atom stereocenters. The molecule has 0 atom stereocenters. The third-order valence-corrected chi connectivity index (χ3v) is 2.46. The lowest BCUT2D eigenvalue weighted by Gasteiger charge is -2.07. The van der Waals surface area contributed by atoms with E-state index in [0.29, 0.717) is 0 Å². The Kier molecular flexibility index (Phi) is 3.60. The second kappa shape index (κ2) is 5.35. The molecule has 1 aromatic heterocycles. The summed E-state index contributed by atoms with van der Waals surface area (Å²) >= 11 is 0. The van der Waals surface area contributed by atoms with E-state index in [2.05, 4.69) is 10.3 Å². The number of halogens is 1. The average Bonchev–Trinajstić information content (AvgIpc) is 2.41. The first-order chi connectivity index (χ1) is 9.49. The van der Waals surface area contributed by atoms with Gasteiger partial charge in [-0.1, -0.05) is 0 Å². The molecule has 2 rings (SSSR count). The van der Waals surface area contributed by atoms with Crippen molar-refractivity contribution in [1.29, 1.82) is 0 Å². The number of aromatic hydroxyl groups is 1. The molecule has 102 valence electrons. The SMILES string of the molecule is O=C(O)c1cc(NC(=O)c2ncccc2O)ccc1F. The minimum atomic E-state index is -1.45. The van der Waals surface area contributed by atoms with Crippen LogP contribution >= 0.6 is 0 Å². The number of anilines is 1. The highest BCUT2D eigenvalue weighted by molar-refractivity contribution is 6.05. The van der Waals surface area contributed by atoms with Gasteiger partial charge in [0.15, 0.2) is 5.69 Å². The number of nitrogens with zero attached hydrogens (tertiary/aromatic N) is 1. The van der Waals surface area contributed by atoms with E-state index in [-0.39, 0.29) is 17.1 Å². The standard InChI is InChI=1S/C13H9FN2O4/c14-9-4-3-7(6-8(9)13(19)20)16-12(18)11-10(17)2-1-5-15-11/h1-6,17H,(H,16,18)(H,19,20). The quantitative estimate of drug-likeness (QED) is 0.794. The number of aromatic nitrogens is 1. The normalized spacial score (nSPS) is 10.1. The van der Waals surface area contributed by atoms with Crippen molar-refractivity contribution in [1.82, 2.24) is 4.98 Å². The number of amides is 1. The zero-order valence-corrected chi connectivity index (χ0v) is 10.0. The van der Waals surface area contributed by atoms with Crippen molar-refractivity contribution in [3.8, 4) is 5.75 Å². The van der Waals surface area contributed by atoms with Gasteiger partial charge in [-0.3, -0.25) is 4.79 Å². The summed E-state index contributed by atoms with van der Waals surface area (Å²) in [6.45, 7) is 0. The number of benzene rings is 1. The fourth-order valence-corrected chi connectivity index (χ4v) is 1.53. The Bertz CT molecular complexity index is 688. The minimum Gasteiger partial charge on any atom is -0.505 e. The Morgan fingerprint density at radius 1 is 1.25 bits per heavy atom. The summed E-state index contributed by atoms with van der Waals surface area (Å²) in [5.74, 6) is -3.40. The van der Waals surface area contributed by atoms with E-state index in [0.717, 1.165) is 12.1 Å². The minimum absolute atomic E-state index is 0.0823. The lowest BCUT2D eigenvalue weighted by Crippen LogP contribution is -2.14. The molecule has 1 heterocycles. The van der Waals surface area contributed by atoms with Crippen LogP contribution in [0.5, 0.6) is 5.75 Å². The average molecular weight is 276 g/mol. The van der Waals surface area contributed by atoms with Crippen LogP contribution < -0.4 is 5.32 Å². The Morgan fingerprint density at radius 2 is 2.00 bits per heavy atom. The van der Waals surface area contributed by atoms with E-state index in [4.69, 9.17) is 5.11 Å². The maximum absolute atomic E-state index is 13.2. The second-order valence-corrected chi connectivity index (χ2v) is 3.83. The molecule has 0 aliphatic rings. The van der Waals surface area contributed by atoms with Crippen molar-refractivity contribution >= 4 is 17.6 Å². The molecular formula is C13H9FN2O4. The molecule has 6 nitrogen and oxygen atoms in total. The number of carboxylic acid groups (broad SMARTS) is 1. The molecule has 0 saturated carbocycles. The molecule has 0 bridgehead atoms. The monoisotopic (exact) mass is 276 g/mol. The first-order valence-corrected chi connectivity index (χ1v) is 5.47. The van der Waals surface area contributed by atoms with Crippen molar-refractivity contribution in [2.45, 2.75) is 0 Å². The molecule has 1 amide bonds. The van der Waals surface area contributed by atoms with Gasteiger partial charge in [-0.15, -0.1) is 0 Å². The van der Waals surface area contributed by atoms with E-state index in [1.807, 2.05) is 0 Å². The van der Waals surface area contributed by atoms with Crippen LogP contribution in [0, 0.1) is 5.82 Å². The molecule has 20 heavy (non-hydrogen) atoms. The van der Waals surface area contributed by atoms with Crippen LogP contribution in [0.4, 0.5) is 10.1 Å². The van der Waals surface area contributed by atoms with Gasteiger partial charge < -0.3 is 15.5 Å². The molecular weight excluding hydrogens is 267 g/mol. The number of hydrogen-bond donors (Lipinski definition) is 3. The number of aromatic carboxylic acids is 1. The summed E-state index contributed by atoms with van der Waals surface area (Å²) in [6.07, 6.45) is 1.32. The van der Waals surface area contributed by atoms with E-state index >= 15 is 0 Å². The fourth-order valence-electron chi connectivity index (χ4n) is 1.53. The van der Waals surface area contributed by atoms with Crippen molar-refractivity contribution in [3.63, 3.8) is 0 Å². The molecule has 0 aliphatic heterocycles. The van der Waals surface area contributed by atoms with Crippen molar-refractivity contribution in [2.24, 2.45) is 0 Å². The van der Waals surface area contributed by atoms with Gasteiger partial charge in [0.05, 0.1) is 5.56 Å².